The van der Waals surface area contributed by atoms with Crippen LogP contribution in [-0.2, 0) is 13.1 Å². The van der Waals surface area contributed by atoms with Crippen molar-refractivity contribution < 1.29 is 14.3 Å². The van der Waals surface area contributed by atoms with E-state index in [1.54, 1.807) is 6.92 Å². The first kappa shape index (κ1) is 13.6. The number of rotatable bonds is 5. The summed E-state index contributed by atoms with van der Waals surface area (Å²) in [6.45, 7) is 2.90. The predicted octanol–water partition coefficient (Wildman–Crippen LogP) is 3.23. The highest BCUT2D eigenvalue weighted by Crippen LogP contribution is 2.16. The molecule has 0 fully saturated rings. The second-order valence-electron chi connectivity index (χ2n) is 4.19. The van der Waals surface area contributed by atoms with Gasteiger partial charge in [0.15, 0.2) is 0 Å². The number of furan rings is 1. The monoisotopic (exact) mass is 279 g/mol. The molecular formula is C14H14ClNO3. The van der Waals surface area contributed by atoms with Gasteiger partial charge < -0.3 is 14.8 Å². The summed E-state index contributed by atoms with van der Waals surface area (Å²) in [5.41, 5.74) is 1.84. The minimum absolute atomic E-state index is 0.0351. The number of hydrogen-bond acceptors (Lipinski definition) is 3. The van der Waals surface area contributed by atoms with Crippen LogP contribution in [0.15, 0.2) is 34.7 Å². The van der Waals surface area contributed by atoms with Crippen molar-refractivity contribution in [3.05, 3.63) is 58.0 Å². The standard InChI is InChI=1S/C14H14ClNO3/c1-9-11(6-13(19-9)14(17)18)8-16-7-10-4-2-3-5-12(10)15/h2-6,16H,7-8H2,1H3,(H,17,18). The van der Waals surface area contributed by atoms with Crippen LogP contribution in [0.1, 0.15) is 27.4 Å². The lowest BCUT2D eigenvalue weighted by molar-refractivity contribution is 0.0661. The summed E-state index contributed by atoms with van der Waals surface area (Å²) in [5.74, 6) is -0.475. The van der Waals surface area contributed by atoms with E-state index < -0.39 is 5.97 Å². The van der Waals surface area contributed by atoms with Crippen LogP contribution in [0.2, 0.25) is 5.02 Å². The van der Waals surface area contributed by atoms with Crippen LogP contribution < -0.4 is 5.32 Å². The summed E-state index contributed by atoms with van der Waals surface area (Å²) in [6, 6.07) is 9.13. The SMILES string of the molecule is Cc1oc(C(=O)O)cc1CNCc1ccccc1Cl. The van der Waals surface area contributed by atoms with E-state index in [0.717, 1.165) is 11.1 Å². The Morgan fingerprint density at radius 2 is 2.00 bits per heavy atom. The molecule has 0 saturated heterocycles. The normalized spacial score (nSPS) is 10.6. The van der Waals surface area contributed by atoms with Crippen molar-refractivity contribution in [1.29, 1.82) is 0 Å². The predicted molar refractivity (Wildman–Crippen MR) is 72.4 cm³/mol. The van der Waals surface area contributed by atoms with Crippen LogP contribution in [0.5, 0.6) is 0 Å². The van der Waals surface area contributed by atoms with Gasteiger partial charge in [0.05, 0.1) is 0 Å². The Hall–Kier alpha value is -1.78. The van der Waals surface area contributed by atoms with Gasteiger partial charge in [0.1, 0.15) is 5.76 Å². The Morgan fingerprint density at radius 3 is 2.63 bits per heavy atom. The molecule has 0 aliphatic heterocycles. The van der Waals surface area contributed by atoms with E-state index in [2.05, 4.69) is 5.32 Å². The lowest BCUT2D eigenvalue weighted by atomic mass is 10.2. The number of carbonyl (C=O) groups is 1. The summed E-state index contributed by atoms with van der Waals surface area (Å²) in [5, 5.41) is 12.8. The summed E-state index contributed by atoms with van der Waals surface area (Å²) in [4.78, 5) is 10.8. The van der Waals surface area contributed by atoms with Crippen molar-refractivity contribution in [3.63, 3.8) is 0 Å². The van der Waals surface area contributed by atoms with Crippen molar-refractivity contribution in [2.75, 3.05) is 0 Å². The zero-order valence-electron chi connectivity index (χ0n) is 10.4. The second-order valence-corrected chi connectivity index (χ2v) is 4.60. The maximum atomic E-state index is 10.8. The van der Waals surface area contributed by atoms with Crippen molar-refractivity contribution in [3.8, 4) is 0 Å². The highest BCUT2D eigenvalue weighted by molar-refractivity contribution is 6.31. The number of nitrogens with one attached hydrogen (secondary N) is 1. The topological polar surface area (TPSA) is 62.5 Å². The number of aromatic carboxylic acids is 1. The molecular weight excluding hydrogens is 266 g/mol. The summed E-state index contributed by atoms with van der Waals surface area (Å²) >= 11 is 6.05. The highest BCUT2D eigenvalue weighted by atomic mass is 35.5. The highest BCUT2D eigenvalue weighted by Gasteiger charge is 2.12. The second kappa shape index (κ2) is 5.91. The molecule has 0 aliphatic rings. The van der Waals surface area contributed by atoms with E-state index in [1.165, 1.54) is 6.07 Å². The van der Waals surface area contributed by atoms with Crippen molar-refractivity contribution in [2.24, 2.45) is 0 Å². The van der Waals surface area contributed by atoms with Gasteiger partial charge >= 0.3 is 5.97 Å². The van der Waals surface area contributed by atoms with Crippen LogP contribution in [-0.4, -0.2) is 11.1 Å². The Bertz CT molecular complexity index is 592. The zero-order valence-corrected chi connectivity index (χ0v) is 11.2. The van der Waals surface area contributed by atoms with Gasteiger partial charge in [-0.1, -0.05) is 29.8 Å². The molecule has 2 aromatic rings. The molecule has 0 bridgehead atoms. The van der Waals surface area contributed by atoms with E-state index in [4.69, 9.17) is 21.1 Å². The Morgan fingerprint density at radius 1 is 1.32 bits per heavy atom. The molecule has 1 heterocycles. The van der Waals surface area contributed by atoms with E-state index in [-0.39, 0.29) is 5.76 Å². The van der Waals surface area contributed by atoms with Crippen LogP contribution in [0.3, 0.4) is 0 Å². The summed E-state index contributed by atoms with van der Waals surface area (Å²) in [7, 11) is 0. The Kier molecular flexibility index (Phi) is 4.24. The molecule has 0 unspecified atom stereocenters. The molecule has 2 rings (SSSR count). The molecule has 4 nitrogen and oxygen atoms in total. The number of halogens is 1. The first-order valence-corrected chi connectivity index (χ1v) is 6.22. The van der Waals surface area contributed by atoms with E-state index in [9.17, 15) is 4.79 Å². The smallest absolute Gasteiger partial charge is 0.371 e. The van der Waals surface area contributed by atoms with Crippen molar-refractivity contribution in [2.45, 2.75) is 20.0 Å². The van der Waals surface area contributed by atoms with Crippen molar-refractivity contribution >= 4 is 17.6 Å². The third-order valence-electron chi connectivity index (χ3n) is 2.82. The van der Waals surface area contributed by atoms with Crippen molar-refractivity contribution in [1.82, 2.24) is 5.32 Å². The summed E-state index contributed by atoms with van der Waals surface area (Å²) in [6.07, 6.45) is 0. The Labute approximate surface area is 116 Å². The van der Waals surface area contributed by atoms with E-state index >= 15 is 0 Å². The average molecular weight is 280 g/mol. The molecule has 19 heavy (non-hydrogen) atoms. The van der Waals surface area contributed by atoms with Crippen LogP contribution >= 0.6 is 11.6 Å². The van der Waals surface area contributed by atoms with Gasteiger partial charge in [0, 0.05) is 23.7 Å². The van der Waals surface area contributed by atoms with Gasteiger partial charge in [0.25, 0.3) is 0 Å². The third kappa shape index (κ3) is 3.36. The molecule has 0 saturated carbocycles. The summed E-state index contributed by atoms with van der Waals surface area (Å²) < 4.78 is 5.14. The largest absolute Gasteiger partial charge is 0.475 e. The molecule has 0 spiro atoms. The number of aryl methyl sites for hydroxylation is 1. The van der Waals surface area contributed by atoms with Gasteiger partial charge in [0.2, 0.25) is 5.76 Å². The van der Waals surface area contributed by atoms with Gasteiger partial charge in [-0.05, 0) is 24.6 Å². The quantitative estimate of drug-likeness (QED) is 0.882. The minimum atomic E-state index is -1.06. The van der Waals surface area contributed by atoms with Crippen LogP contribution in [0, 0.1) is 6.92 Å². The van der Waals surface area contributed by atoms with Gasteiger partial charge in [-0.15, -0.1) is 0 Å². The number of hydrogen-bond donors (Lipinski definition) is 2. The first-order valence-electron chi connectivity index (χ1n) is 5.84. The fourth-order valence-corrected chi connectivity index (χ4v) is 1.98. The lowest BCUT2D eigenvalue weighted by Crippen LogP contribution is -2.13. The number of carboxylic acids is 1. The molecule has 0 aliphatic carbocycles. The average Bonchev–Trinajstić information content (AvgIpc) is 2.74. The molecule has 1 aromatic heterocycles. The maximum absolute atomic E-state index is 10.8. The van der Waals surface area contributed by atoms with E-state index in [0.29, 0.717) is 23.9 Å². The van der Waals surface area contributed by atoms with Gasteiger partial charge in [-0.2, -0.15) is 0 Å². The third-order valence-corrected chi connectivity index (χ3v) is 3.19. The molecule has 0 amide bonds. The fraction of sp³-hybridized carbons (Fsp3) is 0.214. The van der Waals surface area contributed by atoms with Crippen LogP contribution in [0.4, 0.5) is 0 Å². The Balaban J connectivity index is 1.96. The van der Waals surface area contributed by atoms with Gasteiger partial charge in [-0.3, -0.25) is 0 Å². The lowest BCUT2D eigenvalue weighted by Gasteiger charge is -2.05. The molecule has 0 radical (unpaired) electrons. The molecule has 1 aromatic carbocycles. The van der Waals surface area contributed by atoms with Gasteiger partial charge in [-0.25, -0.2) is 4.79 Å². The molecule has 100 valence electrons. The minimum Gasteiger partial charge on any atom is -0.475 e. The fourth-order valence-electron chi connectivity index (χ4n) is 1.77. The molecule has 2 N–H and O–H groups in total. The molecule has 0 atom stereocenters. The van der Waals surface area contributed by atoms with Crippen LogP contribution in [0.25, 0.3) is 0 Å². The number of carboxylic acid groups (broad SMARTS) is 1. The maximum Gasteiger partial charge on any atom is 0.371 e. The number of benzene rings is 1. The first-order chi connectivity index (χ1) is 9.08. The zero-order chi connectivity index (χ0) is 13.8. The van der Waals surface area contributed by atoms with E-state index in [1.807, 2.05) is 24.3 Å². The molecule has 5 heteroatoms.